The molecule has 0 fully saturated rings. The van der Waals surface area contributed by atoms with Gasteiger partial charge in [0.2, 0.25) is 0 Å². The fourth-order valence-corrected chi connectivity index (χ4v) is 3.23. The Morgan fingerprint density at radius 3 is 2.67 bits per heavy atom. The SMILES string of the molecule is CNCCc1c(C)nc(-c2cnc3ccsc3c2)nc1C. The van der Waals surface area contributed by atoms with Crippen LogP contribution in [0.1, 0.15) is 17.0 Å². The normalized spacial score (nSPS) is 11.2. The summed E-state index contributed by atoms with van der Waals surface area (Å²) in [5, 5.41) is 5.23. The fraction of sp³-hybridized carbons (Fsp3) is 0.312. The van der Waals surface area contributed by atoms with Crippen LogP contribution in [0.3, 0.4) is 0 Å². The van der Waals surface area contributed by atoms with Gasteiger partial charge in [-0.3, -0.25) is 4.98 Å². The molecule has 0 spiro atoms. The van der Waals surface area contributed by atoms with Crippen molar-refractivity contribution in [1.82, 2.24) is 20.3 Å². The van der Waals surface area contributed by atoms with Gasteiger partial charge in [0.1, 0.15) is 0 Å². The smallest absolute Gasteiger partial charge is 0.161 e. The minimum absolute atomic E-state index is 0.765. The van der Waals surface area contributed by atoms with E-state index in [-0.39, 0.29) is 0 Å². The minimum Gasteiger partial charge on any atom is -0.319 e. The number of aromatic nitrogens is 3. The van der Waals surface area contributed by atoms with Gasteiger partial charge in [0.05, 0.1) is 10.2 Å². The van der Waals surface area contributed by atoms with Crippen molar-refractivity contribution in [3.63, 3.8) is 0 Å². The number of hydrogen-bond donors (Lipinski definition) is 1. The van der Waals surface area contributed by atoms with E-state index in [9.17, 15) is 0 Å². The molecule has 5 heteroatoms. The molecule has 0 radical (unpaired) electrons. The Labute approximate surface area is 128 Å². The predicted octanol–water partition coefficient (Wildman–Crippen LogP) is 3.13. The van der Waals surface area contributed by atoms with Gasteiger partial charge in [0.25, 0.3) is 0 Å². The van der Waals surface area contributed by atoms with E-state index < -0.39 is 0 Å². The number of likely N-dealkylation sites (N-methyl/N-ethyl adjacent to an activating group) is 1. The van der Waals surface area contributed by atoms with Crippen LogP contribution in [0.25, 0.3) is 21.6 Å². The highest BCUT2D eigenvalue weighted by Crippen LogP contribution is 2.25. The van der Waals surface area contributed by atoms with Gasteiger partial charge in [0.15, 0.2) is 5.82 Å². The molecule has 0 amide bonds. The third kappa shape index (κ3) is 2.80. The average Bonchev–Trinajstić information content (AvgIpc) is 2.93. The van der Waals surface area contributed by atoms with Gasteiger partial charge in [-0.1, -0.05) is 0 Å². The molecule has 3 heterocycles. The predicted molar refractivity (Wildman–Crippen MR) is 87.8 cm³/mol. The zero-order valence-electron chi connectivity index (χ0n) is 12.5. The van der Waals surface area contributed by atoms with Crippen LogP contribution in [0, 0.1) is 13.8 Å². The van der Waals surface area contributed by atoms with Gasteiger partial charge in [-0.05, 0) is 56.9 Å². The number of thiophene rings is 1. The average molecular weight is 298 g/mol. The summed E-state index contributed by atoms with van der Waals surface area (Å²) < 4.78 is 1.17. The molecule has 21 heavy (non-hydrogen) atoms. The fourth-order valence-electron chi connectivity index (χ4n) is 2.45. The van der Waals surface area contributed by atoms with Crippen molar-refractivity contribution in [2.75, 3.05) is 13.6 Å². The van der Waals surface area contributed by atoms with Gasteiger partial charge in [0, 0.05) is 23.1 Å². The van der Waals surface area contributed by atoms with E-state index in [0.717, 1.165) is 41.3 Å². The summed E-state index contributed by atoms with van der Waals surface area (Å²) in [5.41, 5.74) is 5.36. The Balaban J connectivity index is 2.02. The third-order valence-corrected chi connectivity index (χ3v) is 4.46. The molecule has 3 aromatic heterocycles. The molecule has 3 aromatic rings. The van der Waals surface area contributed by atoms with Crippen molar-refractivity contribution in [1.29, 1.82) is 0 Å². The van der Waals surface area contributed by atoms with E-state index >= 15 is 0 Å². The zero-order chi connectivity index (χ0) is 14.8. The second-order valence-corrected chi connectivity index (χ2v) is 6.03. The first-order valence-corrected chi connectivity index (χ1v) is 7.89. The summed E-state index contributed by atoms with van der Waals surface area (Å²) in [6, 6.07) is 4.15. The monoisotopic (exact) mass is 298 g/mol. The first kappa shape index (κ1) is 14.1. The molecule has 0 atom stereocenters. The van der Waals surface area contributed by atoms with Crippen LogP contribution in [-0.4, -0.2) is 28.5 Å². The number of aryl methyl sites for hydroxylation is 2. The lowest BCUT2D eigenvalue weighted by Crippen LogP contribution is -2.13. The number of nitrogens with zero attached hydrogens (tertiary/aromatic N) is 3. The van der Waals surface area contributed by atoms with Crippen LogP contribution in [0.5, 0.6) is 0 Å². The Morgan fingerprint density at radius 1 is 1.19 bits per heavy atom. The lowest BCUT2D eigenvalue weighted by molar-refractivity contribution is 0.774. The Morgan fingerprint density at radius 2 is 1.95 bits per heavy atom. The molecule has 0 bridgehead atoms. The molecule has 0 aromatic carbocycles. The third-order valence-electron chi connectivity index (χ3n) is 3.61. The Bertz CT molecular complexity index is 756. The van der Waals surface area contributed by atoms with E-state index in [1.807, 2.05) is 19.3 Å². The van der Waals surface area contributed by atoms with Crippen molar-refractivity contribution in [3.8, 4) is 11.4 Å². The Kier molecular flexibility index (Phi) is 3.94. The topological polar surface area (TPSA) is 50.7 Å². The highest BCUT2D eigenvalue weighted by molar-refractivity contribution is 7.17. The highest BCUT2D eigenvalue weighted by atomic mass is 32.1. The molecular weight excluding hydrogens is 280 g/mol. The summed E-state index contributed by atoms with van der Waals surface area (Å²) in [6.07, 6.45) is 2.81. The molecule has 4 nitrogen and oxygen atoms in total. The first-order chi connectivity index (χ1) is 10.2. The second kappa shape index (κ2) is 5.87. The van der Waals surface area contributed by atoms with Crippen molar-refractivity contribution >= 4 is 21.6 Å². The van der Waals surface area contributed by atoms with E-state index in [1.165, 1.54) is 10.3 Å². The summed E-state index contributed by atoms with van der Waals surface area (Å²) in [4.78, 5) is 13.8. The summed E-state index contributed by atoms with van der Waals surface area (Å²) >= 11 is 1.69. The van der Waals surface area contributed by atoms with Crippen molar-refractivity contribution < 1.29 is 0 Å². The van der Waals surface area contributed by atoms with Gasteiger partial charge in [-0.25, -0.2) is 9.97 Å². The number of pyridine rings is 1. The Hall–Kier alpha value is -1.85. The van der Waals surface area contributed by atoms with Crippen LogP contribution in [0.2, 0.25) is 0 Å². The lowest BCUT2D eigenvalue weighted by atomic mass is 10.1. The highest BCUT2D eigenvalue weighted by Gasteiger charge is 2.10. The molecule has 0 aliphatic rings. The van der Waals surface area contributed by atoms with E-state index in [1.54, 1.807) is 11.3 Å². The van der Waals surface area contributed by atoms with Crippen LogP contribution in [0.15, 0.2) is 23.7 Å². The van der Waals surface area contributed by atoms with Crippen molar-refractivity contribution in [2.24, 2.45) is 0 Å². The van der Waals surface area contributed by atoms with Crippen molar-refractivity contribution in [3.05, 3.63) is 40.7 Å². The largest absolute Gasteiger partial charge is 0.319 e. The molecule has 0 unspecified atom stereocenters. The second-order valence-electron chi connectivity index (χ2n) is 5.08. The summed E-state index contributed by atoms with van der Waals surface area (Å²) in [5.74, 6) is 0.765. The van der Waals surface area contributed by atoms with Gasteiger partial charge in [-0.2, -0.15) is 0 Å². The van der Waals surface area contributed by atoms with E-state index in [2.05, 4.69) is 45.6 Å². The maximum absolute atomic E-state index is 4.67. The van der Waals surface area contributed by atoms with Crippen molar-refractivity contribution in [2.45, 2.75) is 20.3 Å². The van der Waals surface area contributed by atoms with Crippen LogP contribution < -0.4 is 5.32 Å². The molecule has 0 aliphatic carbocycles. The number of fused-ring (bicyclic) bond motifs is 1. The number of rotatable bonds is 4. The van der Waals surface area contributed by atoms with E-state index in [0.29, 0.717) is 0 Å². The van der Waals surface area contributed by atoms with Gasteiger partial charge >= 0.3 is 0 Å². The molecule has 0 saturated heterocycles. The summed E-state index contributed by atoms with van der Waals surface area (Å²) in [6.45, 7) is 5.05. The summed E-state index contributed by atoms with van der Waals surface area (Å²) in [7, 11) is 1.96. The molecule has 0 saturated carbocycles. The molecule has 1 N–H and O–H groups in total. The molecule has 0 aliphatic heterocycles. The number of nitrogens with one attached hydrogen (secondary N) is 1. The number of hydrogen-bond acceptors (Lipinski definition) is 5. The van der Waals surface area contributed by atoms with Crippen LogP contribution >= 0.6 is 11.3 Å². The zero-order valence-corrected chi connectivity index (χ0v) is 13.3. The molecule has 3 rings (SSSR count). The van der Waals surface area contributed by atoms with Crippen LogP contribution in [0.4, 0.5) is 0 Å². The standard InChI is InChI=1S/C16H18N4S/c1-10-13(4-6-17-3)11(2)20-16(19-10)12-8-15-14(18-9-12)5-7-21-15/h5,7-9,17H,4,6H2,1-3H3. The quantitative estimate of drug-likeness (QED) is 0.804. The molecule has 108 valence electrons. The maximum atomic E-state index is 4.67. The van der Waals surface area contributed by atoms with Gasteiger partial charge < -0.3 is 5.32 Å². The maximum Gasteiger partial charge on any atom is 0.161 e. The van der Waals surface area contributed by atoms with Crippen LogP contribution in [-0.2, 0) is 6.42 Å². The first-order valence-electron chi connectivity index (χ1n) is 7.01. The lowest BCUT2D eigenvalue weighted by Gasteiger charge is -2.10. The molecular formula is C16H18N4S. The van der Waals surface area contributed by atoms with Gasteiger partial charge in [-0.15, -0.1) is 11.3 Å². The van der Waals surface area contributed by atoms with E-state index in [4.69, 9.17) is 0 Å². The minimum atomic E-state index is 0.765.